The first kappa shape index (κ1) is 14.0. The van der Waals surface area contributed by atoms with E-state index in [-0.39, 0.29) is 17.9 Å². The second kappa shape index (κ2) is 5.47. The van der Waals surface area contributed by atoms with Gasteiger partial charge in [0, 0.05) is 12.2 Å². The standard InChI is InChI=1S/C16H21N3O2/c1-3-13-15(20)18-9-5-4-6-14(18)16(21)19(13)12-8-7-11(2)17-10-12/h7-8,10,13-14H,3-6,9H2,1-2H3. The van der Waals surface area contributed by atoms with E-state index in [2.05, 4.69) is 4.98 Å². The minimum Gasteiger partial charge on any atom is -0.329 e. The molecule has 3 rings (SSSR count). The van der Waals surface area contributed by atoms with Crippen LogP contribution in [-0.4, -0.2) is 40.3 Å². The number of carbonyl (C=O) groups excluding carboxylic acids is 2. The van der Waals surface area contributed by atoms with Crippen LogP contribution >= 0.6 is 0 Å². The molecule has 2 aliphatic rings. The Hall–Kier alpha value is -1.91. The predicted octanol–water partition coefficient (Wildman–Crippen LogP) is 1.90. The van der Waals surface area contributed by atoms with Gasteiger partial charge < -0.3 is 4.90 Å². The highest BCUT2D eigenvalue weighted by Gasteiger charge is 2.46. The normalized spacial score (nSPS) is 26.0. The molecule has 0 aromatic carbocycles. The summed E-state index contributed by atoms with van der Waals surface area (Å²) in [6.07, 6.45) is 5.11. The maximum atomic E-state index is 12.9. The minimum absolute atomic E-state index is 0.0480. The Kier molecular flexibility index (Phi) is 3.66. The van der Waals surface area contributed by atoms with Crippen molar-refractivity contribution in [1.29, 1.82) is 0 Å². The van der Waals surface area contributed by atoms with Crippen molar-refractivity contribution < 1.29 is 9.59 Å². The van der Waals surface area contributed by atoms with Gasteiger partial charge in [0.05, 0.1) is 11.9 Å². The second-order valence-corrected chi connectivity index (χ2v) is 5.83. The molecule has 1 aromatic rings. The molecule has 5 nitrogen and oxygen atoms in total. The van der Waals surface area contributed by atoms with Crippen LogP contribution in [0.2, 0.25) is 0 Å². The Bertz CT molecular complexity index is 555. The molecule has 0 saturated carbocycles. The first-order valence-corrected chi connectivity index (χ1v) is 7.69. The summed E-state index contributed by atoms with van der Waals surface area (Å²) in [5.41, 5.74) is 1.64. The topological polar surface area (TPSA) is 53.5 Å². The third-order valence-corrected chi connectivity index (χ3v) is 4.47. The molecule has 2 atom stereocenters. The van der Waals surface area contributed by atoms with Gasteiger partial charge in [-0.3, -0.25) is 19.5 Å². The summed E-state index contributed by atoms with van der Waals surface area (Å²) < 4.78 is 0. The van der Waals surface area contributed by atoms with Crippen molar-refractivity contribution >= 4 is 17.5 Å². The summed E-state index contributed by atoms with van der Waals surface area (Å²) in [5.74, 6) is 0.133. The van der Waals surface area contributed by atoms with Crippen LogP contribution in [0, 0.1) is 6.92 Å². The zero-order valence-corrected chi connectivity index (χ0v) is 12.6. The van der Waals surface area contributed by atoms with Gasteiger partial charge in [-0.15, -0.1) is 0 Å². The van der Waals surface area contributed by atoms with Gasteiger partial charge >= 0.3 is 0 Å². The van der Waals surface area contributed by atoms with Crippen LogP contribution in [0.5, 0.6) is 0 Å². The van der Waals surface area contributed by atoms with Gasteiger partial charge in [0.2, 0.25) is 5.91 Å². The predicted molar refractivity (Wildman–Crippen MR) is 79.9 cm³/mol. The van der Waals surface area contributed by atoms with Crippen LogP contribution in [-0.2, 0) is 9.59 Å². The van der Waals surface area contributed by atoms with Gasteiger partial charge in [-0.1, -0.05) is 6.92 Å². The van der Waals surface area contributed by atoms with E-state index >= 15 is 0 Å². The molecule has 112 valence electrons. The Labute approximate surface area is 124 Å². The summed E-state index contributed by atoms with van der Waals surface area (Å²) in [6.45, 7) is 4.58. The first-order chi connectivity index (χ1) is 10.1. The number of nitrogens with zero attached hydrogens (tertiary/aromatic N) is 3. The van der Waals surface area contributed by atoms with Gasteiger partial charge in [0.1, 0.15) is 12.1 Å². The van der Waals surface area contributed by atoms with Gasteiger partial charge in [-0.2, -0.15) is 0 Å². The molecular formula is C16H21N3O2. The van der Waals surface area contributed by atoms with Crippen LogP contribution in [0.4, 0.5) is 5.69 Å². The summed E-state index contributed by atoms with van der Waals surface area (Å²) >= 11 is 0. The number of rotatable bonds is 2. The molecule has 2 amide bonds. The van der Waals surface area contributed by atoms with Gasteiger partial charge in [-0.05, 0) is 44.7 Å². The van der Waals surface area contributed by atoms with Crippen molar-refractivity contribution in [2.45, 2.75) is 51.6 Å². The fraction of sp³-hybridized carbons (Fsp3) is 0.562. The molecule has 2 unspecified atom stereocenters. The Morgan fingerprint density at radius 3 is 2.71 bits per heavy atom. The smallest absolute Gasteiger partial charge is 0.250 e. The average Bonchev–Trinajstić information content (AvgIpc) is 2.52. The van der Waals surface area contributed by atoms with Gasteiger partial charge in [0.15, 0.2) is 0 Å². The molecule has 2 fully saturated rings. The van der Waals surface area contributed by atoms with Crippen LogP contribution in [0.25, 0.3) is 0 Å². The summed E-state index contributed by atoms with van der Waals surface area (Å²) in [7, 11) is 0. The summed E-state index contributed by atoms with van der Waals surface area (Å²) in [6, 6.07) is 3.09. The van der Waals surface area contributed by atoms with Crippen molar-refractivity contribution in [2.24, 2.45) is 0 Å². The number of aryl methyl sites for hydroxylation is 1. The number of piperazine rings is 1. The van der Waals surface area contributed by atoms with E-state index in [0.29, 0.717) is 13.0 Å². The second-order valence-electron chi connectivity index (χ2n) is 5.83. The highest BCUT2D eigenvalue weighted by Crippen LogP contribution is 2.30. The molecule has 0 N–H and O–H groups in total. The summed E-state index contributed by atoms with van der Waals surface area (Å²) in [4.78, 5) is 33.3. The zero-order valence-electron chi connectivity index (χ0n) is 12.6. The lowest BCUT2D eigenvalue weighted by Crippen LogP contribution is -2.66. The van der Waals surface area contributed by atoms with Crippen molar-refractivity contribution in [3.05, 3.63) is 24.0 Å². The maximum absolute atomic E-state index is 12.9. The number of hydrogen-bond donors (Lipinski definition) is 0. The Morgan fingerprint density at radius 1 is 1.24 bits per heavy atom. The molecule has 2 saturated heterocycles. The molecular weight excluding hydrogens is 266 g/mol. The zero-order chi connectivity index (χ0) is 15.0. The lowest BCUT2D eigenvalue weighted by atomic mass is 9.94. The fourth-order valence-corrected chi connectivity index (χ4v) is 3.33. The highest BCUT2D eigenvalue weighted by molar-refractivity contribution is 6.08. The van der Waals surface area contributed by atoms with Gasteiger partial charge in [0.25, 0.3) is 5.91 Å². The van der Waals surface area contributed by atoms with E-state index in [1.54, 1.807) is 16.0 Å². The van der Waals surface area contributed by atoms with Crippen LogP contribution in [0.15, 0.2) is 18.3 Å². The number of piperidine rings is 1. The molecule has 0 radical (unpaired) electrons. The van der Waals surface area contributed by atoms with E-state index in [1.165, 1.54) is 0 Å². The number of carbonyl (C=O) groups is 2. The van der Waals surface area contributed by atoms with Gasteiger partial charge in [-0.25, -0.2) is 0 Å². The van der Waals surface area contributed by atoms with E-state index in [0.717, 1.165) is 30.6 Å². The van der Waals surface area contributed by atoms with Crippen molar-refractivity contribution in [1.82, 2.24) is 9.88 Å². The van der Waals surface area contributed by atoms with Crippen molar-refractivity contribution in [2.75, 3.05) is 11.4 Å². The number of anilines is 1. The van der Waals surface area contributed by atoms with Crippen molar-refractivity contribution in [3.8, 4) is 0 Å². The Balaban J connectivity index is 1.98. The number of aromatic nitrogens is 1. The first-order valence-electron chi connectivity index (χ1n) is 7.69. The maximum Gasteiger partial charge on any atom is 0.250 e. The molecule has 3 heterocycles. The molecule has 1 aromatic heterocycles. The Morgan fingerprint density at radius 2 is 2.05 bits per heavy atom. The highest BCUT2D eigenvalue weighted by atomic mass is 16.2. The van der Waals surface area contributed by atoms with E-state index < -0.39 is 6.04 Å². The fourth-order valence-electron chi connectivity index (χ4n) is 3.33. The molecule has 0 spiro atoms. The molecule has 21 heavy (non-hydrogen) atoms. The average molecular weight is 287 g/mol. The monoisotopic (exact) mass is 287 g/mol. The number of pyridine rings is 1. The van der Waals surface area contributed by atoms with E-state index in [4.69, 9.17) is 0 Å². The SMILES string of the molecule is CCC1C(=O)N2CCCCC2C(=O)N1c1ccc(C)nc1. The number of hydrogen-bond acceptors (Lipinski definition) is 3. The van der Waals surface area contributed by atoms with Crippen LogP contribution in [0.3, 0.4) is 0 Å². The molecule has 0 bridgehead atoms. The largest absolute Gasteiger partial charge is 0.329 e. The molecule has 0 aliphatic carbocycles. The summed E-state index contributed by atoms with van der Waals surface area (Å²) in [5, 5.41) is 0. The number of amides is 2. The van der Waals surface area contributed by atoms with Crippen molar-refractivity contribution in [3.63, 3.8) is 0 Å². The lowest BCUT2D eigenvalue weighted by Gasteiger charge is -2.46. The molecule has 2 aliphatic heterocycles. The van der Waals surface area contributed by atoms with E-state index in [9.17, 15) is 9.59 Å². The minimum atomic E-state index is -0.392. The lowest BCUT2D eigenvalue weighted by molar-refractivity contribution is -0.148. The van der Waals surface area contributed by atoms with Crippen LogP contribution < -0.4 is 4.90 Å². The van der Waals surface area contributed by atoms with E-state index in [1.807, 2.05) is 26.0 Å². The third kappa shape index (κ3) is 2.30. The quantitative estimate of drug-likeness (QED) is 0.834. The molecule has 5 heteroatoms. The van der Waals surface area contributed by atoms with Crippen LogP contribution in [0.1, 0.15) is 38.3 Å². The third-order valence-electron chi connectivity index (χ3n) is 4.47. The number of fused-ring (bicyclic) bond motifs is 1.